The number of rotatable bonds is 0. The molecule has 1 rings (SSSR count). The van der Waals surface area contributed by atoms with E-state index in [1.54, 1.807) is 10.7 Å². The topological polar surface area (TPSA) is 41.6 Å². The summed E-state index contributed by atoms with van der Waals surface area (Å²) < 4.78 is 1.78. The van der Waals surface area contributed by atoms with Gasteiger partial charge in [-0.3, -0.25) is 4.68 Å². The van der Waals surface area contributed by atoms with Crippen LogP contribution in [-0.4, -0.2) is 9.78 Å². The predicted octanol–water partition coefficient (Wildman–Crippen LogP) is 1.51. The summed E-state index contributed by atoms with van der Waals surface area (Å²) in [7, 11) is 0. The first-order valence-electron chi connectivity index (χ1n) is 3.50. The Balaban J connectivity index is 3.01. The van der Waals surface area contributed by atoms with Crippen LogP contribution in [-0.2, 0) is 5.54 Å². The van der Waals surface area contributed by atoms with Crippen LogP contribution < -0.4 is 0 Å². The molecule has 0 aliphatic rings. The second kappa shape index (κ2) is 2.39. The Morgan fingerprint density at radius 3 is 2.45 bits per heavy atom. The minimum atomic E-state index is -0.0326. The standard InChI is InChI=1S/C8H11N3/c1-8(2,3)11-5-4-7(6-9)10-11/h4-5H,1-3H3. The van der Waals surface area contributed by atoms with Crippen LogP contribution in [0.1, 0.15) is 26.5 Å². The molecule has 0 atom stereocenters. The molecule has 0 aliphatic heterocycles. The van der Waals surface area contributed by atoms with Crippen molar-refractivity contribution in [3.63, 3.8) is 0 Å². The Hall–Kier alpha value is -1.30. The van der Waals surface area contributed by atoms with Crippen LogP contribution in [0.4, 0.5) is 0 Å². The van der Waals surface area contributed by atoms with Gasteiger partial charge in [-0.2, -0.15) is 10.4 Å². The van der Waals surface area contributed by atoms with Crippen molar-refractivity contribution in [1.82, 2.24) is 9.78 Å². The van der Waals surface area contributed by atoms with E-state index >= 15 is 0 Å². The lowest BCUT2D eigenvalue weighted by Crippen LogP contribution is -2.22. The monoisotopic (exact) mass is 149 g/mol. The second-order valence-corrected chi connectivity index (χ2v) is 3.43. The Labute approximate surface area is 66.3 Å². The van der Waals surface area contributed by atoms with Crippen molar-refractivity contribution < 1.29 is 0 Å². The molecule has 58 valence electrons. The third kappa shape index (κ3) is 1.58. The summed E-state index contributed by atoms with van der Waals surface area (Å²) in [5.41, 5.74) is 0.440. The third-order valence-electron chi connectivity index (χ3n) is 1.39. The molecule has 0 aliphatic carbocycles. The molecule has 1 heterocycles. The zero-order chi connectivity index (χ0) is 8.48. The molecule has 3 nitrogen and oxygen atoms in total. The van der Waals surface area contributed by atoms with Crippen molar-refractivity contribution in [2.45, 2.75) is 26.3 Å². The van der Waals surface area contributed by atoms with E-state index in [0.717, 1.165) is 0 Å². The highest BCUT2D eigenvalue weighted by molar-refractivity contribution is 5.17. The van der Waals surface area contributed by atoms with E-state index in [4.69, 9.17) is 5.26 Å². The van der Waals surface area contributed by atoms with Gasteiger partial charge in [-0.15, -0.1) is 0 Å². The molecule has 0 amide bonds. The highest BCUT2D eigenvalue weighted by Gasteiger charge is 2.13. The van der Waals surface area contributed by atoms with Gasteiger partial charge in [0.15, 0.2) is 5.69 Å². The summed E-state index contributed by atoms with van der Waals surface area (Å²) >= 11 is 0. The van der Waals surface area contributed by atoms with Crippen molar-refractivity contribution in [2.75, 3.05) is 0 Å². The molecule has 1 aromatic rings. The van der Waals surface area contributed by atoms with Crippen LogP contribution >= 0.6 is 0 Å². The normalized spacial score (nSPS) is 11.1. The van der Waals surface area contributed by atoms with E-state index < -0.39 is 0 Å². The number of hydrogen-bond acceptors (Lipinski definition) is 2. The largest absolute Gasteiger partial charge is 0.266 e. The first-order chi connectivity index (χ1) is 5.04. The molecule has 0 bridgehead atoms. The van der Waals surface area contributed by atoms with Crippen LogP contribution in [0, 0.1) is 11.3 Å². The van der Waals surface area contributed by atoms with Gasteiger partial charge in [-0.1, -0.05) is 0 Å². The lowest BCUT2D eigenvalue weighted by molar-refractivity contribution is 0.355. The maximum Gasteiger partial charge on any atom is 0.162 e. The Bertz CT molecular complexity index is 285. The Morgan fingerprint density at radius 2 is 2.18 bits per heavy atom. The number of aromatic nitrogens is 2. The smallest absolute Gasteiger partial charge is 0.162 e. The van der Waals surface area contributed by atoms with Gasteiger partial charge in [0.1, 0.15) is 6.07 Å². The van der Waals surface area contributed by atoms with Crippen LogP contribution in [0.2, 0.25) is 0 Å². The average Bonchev–Trinajstić information content (AvgIpc) is 2.32. The zero-order valence-corrected chi connectivity index (χ0v) is 7.00. The van der Waals surface area contributed by atoms with Crippen LogP contribution in [0.5, 0.6) is 0 Å². The van der Waals surface area contributed by atoms with E-state index in [1.807, 2.05) is 33.0 Å². The van der Waals surface area contributed by atoms with Crippen LogP contribution in [0.25, 0.3) is 0 Å². The fraction of sp³-hybridized carbons (Fsp3) is 0.500. The number of nitrogens with zero attached hydrogens (tertiary/aromatic N) is 3. The van der Waals surface area contributed by atoms with Gasteiger partial charge < -0.3 is 0 Å². The van der Waals surface area contributed by atoms with E-state index in [9.17, 15) is 0 Å². The van der Waals surface area contributed by atoms with E-state index in [0.29, 0.717) is 5.69 Å². The Kier molecular flexibility index (Phi) is 1.69. The SMILES string of the molecule is CC(C)(C)n1ccc(C#N)n1. The lowest BCUT2D eigenvalue weighted by atomic mass is 10.1. The van der Waals surface area contributed by atoms with Gasteiger partial charge in [0.05, 0.1) is 5.54 Å². The van der Waals surface area contributed by atoms with Gasteiger partial charge in [-0.25, -0.2) is 0 Å². The lowest BCUT2D eigenvalue weighted by Gasteiger charge is -2.18. The highest BCUT2D eigenvalue weighted by Crippen LogP contribution is 2.11. The molecular formula is C8H11N3. The second-order valence-electron chi connectivity index (χ2n) is 3.43. The molecule has 0 unspecified atom stereocenters. The molecule has 0 saturated heterocycles. The average molecular weight is 149 g/mol. The molecule has 1 aromatic heterocycles. The van der Waals surface area contributed by atoms with Crippen LogP contribution in [0.15, 0.2) is 12.3 Å². The van der Waals surface area contributed by atoms with Gasteiger partial charge in [0.2, 0.25) is 0 Å². The summed E-state index contributed by atoms with van der Waals surface area (Å²) in [6.07, 6.45) is 1.82. The maximum absolute atomic E-state index is 8.49. The molecule has 0 spiro atoms. The Morgan fingerprint density at radius 1 is 1.55 bits per heavy atom. The zero-order valence-electron chi connectivity index (χ0n) is 7.00. The van der Waals surface area contributed by atoms with Crippen molar-refractivity contribution in [2.24, 2.45) is 0 Å². The third-order valence-corrected chi connectivity index (χ3v) is 1.39. The first-order valence-corrected chi connectivity index (χ1v) is 3.50. The van der Waals surface area contributed by atoms with Gasteiger partial charge in [0, 0.05) is 6.20 Å². The van der Waals surface area contributed by atoms with Crippen LogP contribution in [0.3, 0.4) is 0 Å². The van der Waals surface area contributed by atoms with Gasteiger partial charge in [0.25, 0.3) is 0 Å². The molecule has 0 N–H and O–H groups in total. The minimum Gasteiger partial charge on any atom is -0.266 e. The summed E-state index contributed by atoms with van der Waals surface area (Å²) in [6.45, 7) is 6.13. The fourth-order valence-corrected chi connectivity index (χ4v) is 0.757. The number of nitriles is 1. The molecular weight excluding hydrogens is 138 g/mol. The summed E-state index contributed by atoms with van der Waals surface area (Å²) in [5, 5.41) is 12.5. The van der Waals surface area contributed by atoms with Crippen molar-refractivity contribution >= 4 is 0 Å². The molecule has 11 heavy (non-hydrogen) atoms. The summed E-state index contributed by atoms with van der Waals surface area (Å²) in [6, 6.07) is 3.70. The molecule has 0 aromatic carbocycles. The molecule has 0 fully saturated rings. The summed E-state index contributed by atoms with van der Waals surface area (Å²) in [5.74, 6) is 0. The van der Waals surface area contributed by atoms with E-state index in [1.165, 1.54) is 0 Å². The first kappa shape index (κ1) is 7.80. The van der Waals surface area contributed by atoms with E-state index in [2.05, 4.69) is 5.10 Å². The molecule has 0 radical (unpaired) electrons. The number of hydrogen-bond donors (Lipinski definition) is 0. The van der Waals surface area contributed by atoms with Gasteiger partial charge >= 0.3 is 0 Å². The molecule has 3 heteroatoms. The predicted molar refractivity (Wildman–Crippen MR) is 41.9 cm³/mol. The fourth-order valence-electron chi connectivity index (χ4n) is 0.757. The van der Waals surface area contributed by atoms with E-state index in [-0.39, 0.29) is 5.54 Å². The maximum atomic E-state index is 8.49. The minimum absolute atomic E-state index is 0.0326. The van der Waals surface area contributed by atoms with Gasteiger partial charge in [-0.05, 0) is 26.8 Å². The molecule has 0 saturated carbocycles. The van der Waals surface area contributed by atoms with Crippen molar-refractivity contribution in [3.8, 4) is 6.07 Å². The quantitative estimate of drug-likeness (QED) is 0.561. The van der Waals surface area contributed by atoms with Crippen molar-refractivity contribution in [3.05, 3.63) is 18.0 Å². The highest BCUT2D eigenvalue weighted by atomic mass is 15.3. The summed E-state index contributed by atoms with van der Waals surface area (Å²) in [4.78, 5) is 0. The van der Waals surface area contributed by atoms with Crippen molar-refractivity contribution in [1.29, 1.82) is 5.26 Å².